The summed E-state index contributed by atoms with van der Waals surface area (Å²) >= 11 is 0. The Balaban J connectivity index is 1.67. The summed E-state index contributed by atoms with van der Waals surface area (Å²) in [5, 5.41) is 13.7. The van der Waals surface area contributed by atoms with Gasteiger partial charge in [0.1, 0.15) is 0 Å². The number of benzene rings is 1. The summed E-state index contributed by atoms with van der Waals surface area (Å²) < 4.78 is 0. The smallest absolute Gasteiger partial charge is 0.270 e. The van der Waals surface area contributed by atoms with Gasteiger partial charge in [0, 0.05) is 43.0 Å². The predicted molar refractivity (Wildman–Crippen MR) is 78.0 cm³/mol. The standard InChI is InChI=1S/C14H18N4O3/c15-13-4-3-11(18(20)21)7-12(13)14(19)16-9-5-6-17(8-9)10-1-2-10/h3-4,7,9-10H,1-2,5-6,8,15H2,(H,16,19). The number of likely N-dealkylation sites (tertiary alicyclic amines) is 1. The van der Waals surface area contributed by atoms with Crippen LogP contribution in [0.3, 0.4) is 0 Å². The first-order valence-corrected chi connectivity index (χ1v) is 7.13. The first-order valence-electron chi connectivity index (χ1n) is 7.13. The molecule has 0 spiro atoms. The number of rotatable bonds is 4. The number of hydrogen-bond donors (Lipinski definition) is 2. The number of anilines is 1. The molecular formula is C14H18N4O3. The topological polar surface area (TPSA) is 101 Å². The van der Waals surface area contributed by atoms with E-state index in [9.17, 15) is 14.9 Å². The number of nitrogen functional groups attached to an aromatic ring is 1. The first kappa shape index (κ1) is 13.8. The lowest BCUT2D eigenvalue weighted by atomic mass is 10.1. The van der Waals surface area contributed by atoms with Gasteiger partial charge in [-0.2, -0.15) is 0 Å². The third kappa shape index (κ3) is 2.97. The molecule has 1 unspecified atom stereocenters. The molecule has 1 aromatic carbocycles. The molecule has 3 rings (SSSR count). The highest BCUT2D eigenvalue weighted by Gasteiger charge is 2.35. The van der Waals surface area contributed by atoms with Crippen LogP contribution in [0.2, 0.25) is 0 Å². The summed E-state index contributed by atoms with van der Waals surface area (Å²) in [6.45, 7) is 1.85. The maximum absolute atomic E-state index is 12.3. The van der Waals surface area contributed by atoms with Gasteiger partial charge in [0.15, 0.2) is 0 Å². The van der Waals surface area contributed by atoms with Gasteiger partial charge in [-0.1, -0.05) is 0 Å². The molecule has 0 radical (unpaired) electrons. The van der Waals surface area contributed by atoms with Crippen molar-refractivity contribution in [3.63, 3.8) is 0 Å². The second-order valence-corrected chi connectivity index (χ2v) is 5.71. The van der Waals surface area contributed by atoms with Crippen LogP contribution in [0.15, 0.2) is 18.2 Å². The molecule has 1 atom stereocenters. The number of nitro benzene ring substituents is 1. The highest BCUT2D eigenvalue weighted by molar-refractivity contribution is 6.00. The Morgan fingerprint density at radius 3 is 2.81 bits per heavy atom. The molecule has 0 aromatic heterocycles. The molecule has 1 saturated carbocycles. The van der Waals surface area contributed by atoms with Crippen LogP contribution < -0.4 is 11.1 Å². The maximum Gasteiger partial charge on any atom is 0.270 e. The number of hydrogen-bond acceptors (Lipinski definition) is 5. The van der Waals surface area contributed by atoms with Crippen molar-refractivity contribution < 1.29 is 9.72 Å². The maximum atomic E-state index is 12.3. The van der Waals surface area contributed by atoms with Gasteiger partial charge in [0.25, 0.3) is 11.6 Å². The average molecular weight is 290 g/mol. The zero-order chi connectivity index (χ0) is 15.0. The summed E-state index contributed by atoms with van der Waals surface area (Å²) in [4.78, 5) is 24.9. The minimum atomic E-state index is -0.527. The van der Waals surface area contributed by atoms with E-state index in [1.165, 1.54) is 31.0 Å². The molecule has 1 aliphatic heterocycles. The number of nitro groups is 1. The normalized spacial score (nSPS) is 22.2. The molecule has 3 N–H and O–H groups in total. The van der Waals surface area contributed by atoms with Gasteiger partial charge in [0.2, 0.25) is 0 Å². The molecule has 0 bridgehead atoms. The zero-order valence-electron chi connectivity index (χ0n) is 11.6. The predicted octanol–water partition coefficient (Wildman–Crippen LogP) is 1.14. The van der Waals surface area contributed by atoms with Crippen LogP contribution in [-0.2, 0) is 0 Å². The van der Waals surface area contributed by atoms with Crippen molar-refractivity contribution in [2.24, 2.45) is 0 Å². The van der Waals surface area contributed by atoms with Gasteiger partial charge < -0.3 is 11.1 Å². The monoisotopic (exact) mass is 290 g/mol. The van der Waals surface area contributed by atoms with Gasteiger partial charge in [0.05, 0.1) is 10.5 Å². The van der Waals surface area contributed by atoms with E-state index in [0.29, 0.717) is 6.04 Å². The summed E-state index contributed by atoms with van der Waals surface area (Å²) in [7, 11) is 0. The van der Waals surface area contributed by atoms with E-state index in [1.807, 2.05) is 0 Å². The van der Waals surface area contributed by atoms with Crippen molar-refractivity contribution >= 4 is 17.3 Å². The van der Waals surface area contributed by atoms with Gasteiger partial charge in [-0.15, -0.1) is 0 Å². The van der Waals surface area contributed by atoms with Gasteiger partial charge in [-0.3, -0.25) is 19.8 Å². The van der Waals surface area contributed by atoms with Crippen molar-refractivity contribution in [2.75, 3.05) is 18.8 Å². The van der Waals surface area contributed by atoms with Crippen molar-refractivity contribution in [3.05, 3.63) is 33.9 Å². The number of nitrogens with one attached hydrogen (secondary N) is 1. The Morgan fingerprint density at radius 1 is 1.38 bits per heavy atom. The molecule has 1 saturated heterocycles. The highest BCUT2D eigenvalue weighted by atomic mass is 16.6. The Morgan fingerprint density at radius 2 is 2.14 bits per heavy atom. The fraction of sp³-hybridized carbons (Fsp3) is 0.500. The minimum Gasteiger partial charge on any atom is -0.398 e. The molecule has 1 amide bonds. The molecule has 2 fully saturated rings. The molecule has 2 aliphatic rings. The van der Waals surface area contributed by atoms with Gasteiger partial charge >= 0.3 is 0 Å². The largest absolute Gasteiger partial charge is 0.398 e. The van der Waals surface area contributed by atoms with Gasteiger partial charge in [-0.05, 0) is 25.3 Å². The lowest BCUT2D eigenvalue weighted by Crippen LogP contribution is -2.37. The fourth-order valence-corrected chi connectivity index (χ4v) is 2.79. The van der Waals surface area contributed by atoms with Crippen LogP contribution in [0.5, 0.6) is 0 Å². The fourth-order valence-electron chi connectivity index (χ4n) is 2.79. The van der Waals surface area contributed by atoms with E-state index in [1.54, 1.807) is 0 Å². The second-order valence-electron chi connectivity index (χ2n) is 5.71. The Kier molecular flexibility index (Phi) is 3.50. The van der Waals surface area contributed by atoms with Crippen LogP contribution in [-0.4, -0.2) is 40.9 Å². The quantitative estimate of drug-likeness (QED) is 0.492. The van der Waals surface area contributed by atoms with Crippen LogP contribution in [0, 0.1) is 10.1 Å². The van der Waals surface area contributed by atoms with Crippen molar-refractivity contribution in [1.29, 1.82) is 0 Å². The number of amides is 1. The van der Waals surface area contributed by atoms with E-state index in [0.717, 1.165) is 19.5 Å². The molecule has 1 aliphatic carbocycles. The minimum absolute atomic E-state index is 0.0942. The Labute approximate surface area is 122 Å². The van der Waals surface area contributed by atoms with Crippen LogP contribution >= 0.6 is 0 Å². The summed E-state index contributed by atoms with van der Waals surface area (Å²) in [6.07, 6.45) is 3.41. The number of carbonyl (C=O) groups excluding carboxylic acids is 1. The van der Waals surface area contributed by atoms with Crippen LogP contribution in [0.4, 0.5) is 11.4 Å². The summed E-state index contributed by atoms with van der Waals surface area (Å²) in [5.74, 6) is -0.334. The number of nitrogens with two attached hydrogens (primary N) is 1. The van der Waals surface area contributed by atoms with Crippen molar-refractivity contribution in [1.82, 2.24) is 10.2 Å². The van der Waals surface area contributed by atoms with E-state index >= 15 is 0 Å². The SMILES string of the molecule is Nc1ccc([N+](=O)[O-])cc1C(=O)NC1CCN(C2CC2)C1. The van der Waals surface area contributed by atoms with Crippen molar-refractivity contribution in [3.8, 4) is 0 Å². The average Bonchev–Trinajstić information content (AvgIpc) is 3.20. The summed E-state index contributed by atoms with van der Waals surface area (Å²) in [5.41, 5.74) is 6.07. The van der Waals surface area contributed by atoms with E-state index in [-0.39, 0.29) is 28.9 Å². The van der Waals surface area contributed by atoms with E-state index < -0.39 is 4.92 Å². The van der Waals surface area contributed by atoms with Gasteiger partial charge in [-0.25, -0.2) is 0 Å². The molecule has 7 nitrogen and oxygen atoms in total. The first-order chi connectivity index (χ1) is 10.0. The third-order valence-corrected chi connectivity index (χ3v) is 4.11. The summed E-state index contributed by atoms with van der Waals surface area (Å²) in [6, 6.07) is 4.72. The van der Waals surface area contributed by atoms with E-state index in [4.69, 9.17) is 5.73 Å². The molecule has 21 heavy (non-hydrogen) atoms. The zero-order valence-corrected chi connectivity index (χ0v) is 11.6. The third-order valence-electron chi connectivity index (χ3n) is 4.11. The number of non-ortho nitro benzene ring substituents is 1. The van der Waals surface area contributed by atoms with Crippen LogP contribution in [0.1, 0.15) is 29.6 Å². The molecular weight excluding hydrogens is 272 g/mol. The number of carbonyl (C=O) groups is 1. The lowest BCUT2D eigenvalue weighted by molar-refractivity contribution is -0.384. The van der Waals surface area contributed by atoms with Crippen LogP contribution in [0.25, 0.3) is 0 Å². The molecule has 1 heterocycles. The second kappa shape index (κ2) is 5.33. The van der Waals surface area contributed by atoms with Crippen molar-refractivity contribution in [2.45, 2.75) is 31.3 Å². The molecule has 112 valence electrons. The molecule has 1 aromatic rings. The lowest BCUT2D eigenvalue weighted by Gasteiger charge is -2.16. The highest BCUT2D eigenvalue weighted by Crippen LogP contribution is 2.30. The Bertz CT molecular complexity index is 586. The number of nitrogens with zero attached hydrogens (tertiary/aromatic N) is 2. The van der Waals surface area contributed by atoms with E-state index in [2.05, 4.69) is 10.2 Å². The Hall–Kier alpha value is -2.15. The molecule has 7 heteroatoms.